The lowest BCUT2D eigenvalue weighted by Gasteiger charge is -2.09. The number of aryl methyl sites for hydroxylation is 1. The number of sulfonamides is 1. The monoisotopic (exact) mass is 367 g/mol. The van der Waals surface area contributed by atoms with Gasteiger partial charge >= 0.3 is 0 Å². The Morgan fingerprint density at radius 2 is 1.96 bits per heavy atom. The molecular formula is C15H25N7O2S. The number of rotatable bonds is 9. The van der Waals surface area contributed by atoms with Gasteiger partial charge in [-0.2, -0.15) is 4.98 Å². The zero-order chi connectivity index (χ0) is 18.4. The van der Waals surface area contributed by atoms with Crippen LogP contribution in [0.2, 0.25) is 0 Å². The summed E-state index contributed by atoms with van der Waals surface area (Å²) >= 11 is 0. The Hall–Kier alpha value is -2.20. The first-order valence-electron chi connectivity index (χ1n) is 8.18. The smallest absolute Gasteiger partial charge is 0.259 e. The maximum atomic E-state index is 12.2. The van der Waals surface area contributed by atoms with Crippen LogP contribution in [0.1, 0.15) is 32.5 Å². The van der Waals surface area contributed by atoms with E-state index in [9.17, 15) is 8.42 Å². The lowest BCUT2D eigenvalue weighted by Crippen LogP contribution is -2.29. The second kappa shape index (κ2) is 8.26. The first-order chi connectivity index (χ1) is 11.8. The van der Waals surface area contributed by atoms with Gasteiger partial charge in [-0.05, 0) is 27.7 Å². The van der Waals surface area contributed by atoms with Crippen LogP contribution in [-0.4, -0.2) is 47.6 Å². The number of aromatic nitrogens is 4. The molecule has 0 saturated carbocycles. The average Bonchev–Trinajstić information content (AvgIpc) is 3.02. The van der Waals surface area contributed by atoms with Crippen LogP contribution < -0.4 is 15.4 Å². The van der Waals surface area contributed by atoms with Crippen molar-refractivity contribution in [3.63, 3.8) is 0 Å². The van der Waals surface area contributed by atoms with Gasteiger partial charge in [-0.25, -0.2) is 23.1 Å². The molecule has 0 fully saturated rings. The minimum atomic E-state index is -3.63. The van der Waals surface area contributed by atoms with Gasteiger partial charge in [-0.15, -0.1) is 0 Å². The van der Waals surface area contributed by atoms with Crippen molar-refractivity contribution in [3.8, 4) is 0 Å². The molecule has 0 spiro atoms. The van der Waals surface area contributed by atoms with Gasteiger partial charge in [0.05, 0.1) is 6.33 Å². The highest BCUT2D eigenvalue weighted by molar-refractivity contribution is 7.89. The van der Waals surface area contributed by atoms with E-state index < -0.39 is 10.0 Å². The van der Waals surface area contributed by atoms with Crippen molar-refractivity contribution in [2.45, 2.75) is 38.8 Å². The molecule has 0 aliphatic carbocycles. The van der Waals surface area contributed by atoms with E-state index in [0.717, 1.165) is 18.1 Å². The van der Waals surface area contributed by atoms with E-state index >= 15 is 0 Å². The van der Waals surface area contributed by atoms with Crippen LogP contribution >= 0.6 is 0 Å². The predicted octanol–water partition coefficient (Wildman–Crippen LogP) is 1.38. The van der Waals surface area contributed by atoms with Crippen LogP contribution in [0, 0.1) is 6.92 Å². The zero-order valence-electron chi connectivity index (χ0n) is 14.9. The molecule has 138 valence electrons. The molecule has 0 atom stereocenters. The fourth-order valence-corrected chi connectivity index (χ4v) is 3.06. The maximum absolute atomic E-state index is 12.2. The number of nitrogens with one attached hydrogen (secondary N) is 3. The van der Waals surface area contributed by atoms with Crippen molar-refractivity contribution >= 4 is 21.8 Å². The fourth-order valence-electron chi connectivity index (χ4n) is 2.09. The second-order valence-electron chi connectivity index (χ2n) is 5.83. The Bertz CT molecular complexity index is 802. The minimum Gasteiger partial charge on any atom is -0.370 e. The summed E-state index contributed by atoms with van der Waals surface area (Å²) in [7, 11) is -3.63. The molecule has 2 aromatic heterocycles. The van der Waals surface area contributed by atoms with Crippen molar-refractivity contribution in [3.05, 3.63) is 24.3 Å². The van der Waals surface area contributed by atoms with E-state index in [2.05, 4.69) is 30.3 Å². The van der Waals surface area contributed by atoms with Crippen molar-refractivity contribution < 1.29 is 8.42 Å². The topological polar surface area (TPSA) is 114 Å². The number of nitrogens with zero attached hydrogens (tertiary/aromatic N) is 4. The molecule has 3 N–H and O–H groups in total. The van der Waals surface area contributed by atoms with E-state index in [0.29, 0.717) is 12.5 Å². The molecular weight excluding hydrogens is 342 g/mol. The fraction of sp³-hybridized carbons (Fsp3) is 0.533. The maximum Gasteiger partial charge on any atom is 0.259 e. The summed E-state index contributed by atoms with van der Waals surface area (Å²) in [6, 6.07) is 2.00. The lowest BCUT2D eigenvalue weighted by atomic mass is 10.4. The minimum absolute atomic E-state index is 0.0161. The van der Waals surface area contributed by atoms with Crippen LogP contribution in [0.4, 0.5) is 11.8 Å². The standard InChI is InChI=1S/C15H25N7O2S/c1-5-16-13-8-12(4)20-15(21-13)17-6-7-19-25(23,24)14-9-22(10-18-14)11(2)3/h8-11,19H,5-7H2,1-4H3,(H2,16,17,20,21). The van der Waals surface area contributed by atoms with E-state index in [4.69, 9.17) is 0 Å². The highest BCUT2D eigenvalue weighted by Gasteiger charge is 2.17. The zero-order valence-corrected chi connectivity index (χ0v) is 15.8. The molecule has 10 heteroatoms. The van der Waals surface area contributed by atoms with Gasteiger partial charge in [0.1, 0.15) is 5.82 Å². The molecule has 0 amide bonds. The summed E-state index contributed by atoms with van der Waals surface area (Å²) in [5.74, 6) is 1.19. The van der Waals surface area contributed by atoms with Crippen LogP contribution in [0.15, 0.2) is 23.6 Å². The van der Waals surface area contributed by atoms with Gasteiger partial charge in [-0.1, -0.05) is 0 Å². The second-order valence-corrected chi connectivity index (χ2v) is 7.54. The van der Waals surface area contributed by atoms with E-state index in [1.54, 1.807) is 4.57 Å². The SMILES string of the molecule is CCNc1cc(C)nc(NCCNS(=O)(=O)c2cn(C(C)C)cn2)n1. The predicted molar refractivity (Wildman–Crippen MR) is 97.2 cm³/mol. The third-order valence-electron chi connectivity index (χ3n) is 3.36. The first kappa shape index (κ1) is 19.1. The Morgan fingerprint density at radius 3 is 2.60 bits per heavy atom. The summed E-state index contributed by atoms with van der Waals surface area (Å²) in [5.41, 5.74) is 0.827. The third kappa shape index (κ3) is 5.40. The molecule has 9 nitrogen and oxygen atoms in total. The van der Waals surface area contributed by atoms with Gasteiger partial charge in [0.2, 0.25) is 5.95 Å². The third-order valence-corrected chi connectivity index (χ3v) is 4.71. The first-order valence-corrected chi connectivity index (χ1v) is 9.66. The van der Waals surface area contributed by atoms with E-state index in [1.165, 1.54) is 12.5 Å². The molecule has 0 aliphatic heterocycles. The van der Waals surface area contributed by atoms with Crippen molar-refractivity contribution in [2.24, 2.45) is 0 Å². The number of hydrogen-bond donors (Lipinski definition) is 3. The Morgan fingerprint density at radius 1 is 1.20 bits per heavy atom. The van der Waals surface area contributed by atoms with Gasteiger partial charge in [0, 0.05) is 43.6 Å². The summed E-state index contributed by atoms with van der Waals surface area (Å²) in [4.78, 5) is 12.5. The summed E-state index contributed by atoms with van der Waals surface area (Å²) in [6.07, 6.45) is 3.03. The molecule has 0 bridgehead atoms. The van der Waals surface area contributed by atoms with Crippen LogP contribution in [0.3, 0.4) is 0 Å². The van der Waals surface area contributed by atoms with Crippen LogP contribution in [-0.2, 0) is 10.0 Å². The molecule has 0 aromatic carbocycles. The molecule has 2 rings (SSSR count). The molecule has 2 heterocycles. The largest absolute Gasteiger partial charge is 0.370 e. The van der Waals surface area contributed by atoms with Gasteiger partial charge in [-0.3, -0.25) is 0 Å². The summed E-state index contributed by atoms with van der Waals surface area (Å²) < 4.78 is 28.7. The molecule has 25 heavy (non-hydrogen) atoms. The molecule has 0 saturated heterocycles. The number of imidazole rings is 1. The van der Waals surface area contributed by atoms with Crippen molar-refractivity contribution in [2.75, 3.05) is 30.3 Å². The average molecular weight is 367 g/mol. The normalized spacial score (nSPS) is 11.7. The number of anilines is 2. The molecule has 0 unspecified atom stereocenters. The van der Waals surface area contributed by atoms with E-state index in [-0.39, 0.29) is 17.6 Å². The Kier molecular flexibility index (Phi) is 6.32. The Balaban J connectivity index is 1.89. The van der Waals surface area contributed by atoms with Crippen LogP contribution in [0.25, 0.3) is 0 Å². The van der Waals surface area contributed by atoms with E-state index in [1.807, 2.05) is 33.8 Å². The molecule has 2 aromatic rings. The highest BCUT2D eigenvalue weighted by atomic mass is 32.2. The Labute approximate surface area is 148 Å². The van der Waals surface area contributed by atoms with Gasteiger partial charge < -0.3 is 15.2 Å². The number of hydrogen-bond acceptors (Lipinski definition) is 7. The highest BCUT2D eigenvalue weighted by Crippen LogP contribution is 2.10. The summed E-state index contributed by atoms with van der Waals surface area (Å²) in [5, 5.41) is 6.16. The quantitative estimate of drug-likeness (QED) is 0.574. The molecule has 0 aliphatic rings. The molecule has 0 radical (unpaired) electrons. The summed E-state index contributed by atoms with van der Waals surface area (Å²) in [6.45, 7) is 9.10. The van der Waals surface area contributed by atoms with Crippen LogP contribution in [0.5, 0.6) is 0 Å². The van der Waals surface area contributed by atoms with Crippen molar-refractivity contribution in [1.29, 1.82) is 0 Å². The lowest BCUT2D eigenvalue weighted by molar-refractivity contribution is 0.577. The van der Waals surface area contributed by atoms with Gasteiger partial charge in [0.25, 0.3) is 10.0 Å². The van der Waals surface area contributed by atoms with Crippen molar-refractivity contribution in [1.82, 2.24) is 24.2 Å². The van der Waals surface area contributed by atoms with Gasteiger partial charge in [0.15, 0.2) is 5.03 Å².